The van der Waals surface area contributed by atoms with Gasteiger partial charge in [-0.25, -0.2) is 4.98 Å². The van der Waals surface area contributed by atoms with Crippen LogP contribution in [-0.4, -0.2) is 21.0 Å². The van der Waals surface area contributed by atoms with Crippen LogP contribution < -0.4 is 0 Å². The third kappa shape index (κ3) is 3.92. The van der Waals surface area contributed by atoms with Gasteiger partial charge in [0.1, 0.15) is 5.01 Å². The third-order valence-electron chi connectivity index (χ3n) is 3.68. The number of benzene rings is 2. The van der Waals surface area contributed by atoms with Crippen molar-refractivity contribution < 1.29 is 19.2 Å². The third-order valence-corrected chi connectivity index (χ3v) is 4.80. The number of carboxylic acid groups (broad SMARTS) is 1. The summed E-state index contributed by atoms with van der Waals surface area (Å²) in [7, 11) is 0. The first kappa shape index (κ1) is 17.7. The molecule has 0 saturated carbocycles. The number of carbonyl (C=O) groups is 1. The number of thiazole rings is 1. The Morgan fingerprint density at radius 1 is 1.27 bits per heavy atom. The molecular formula is C18H13FN2O4S. The van der Waals surface area contributed by atoms with E-state index in [-0.39, 0.29) is 12.8 Å². The van der Waals surface area contributed by atoms with Crippen molar-refractivity contribution in [2.24, 2.45) is 0 Å². The number of aromatic nitrogens is 1. The number of fused-ring (bicyclic) bond motifs is 1. The van der Waals surface area contributed by atoms with Crippen LogP contribution in [0.15, 0.2) is 42.5 Å². The minimum Gasteiger partial charge on any atom is -0.481 e. The molecule has 0 aliphatic heterocycles. The van der Waals surface area contributed by atoms with Crippen molar-refractivity contribution in [2.45, 2.75) is 12.8 Å². The maximum atomic E-state index is 13.5. The normalized spacial score (nSPS) is 11.7. The lowest BCUT2D eigenvalue weighted by Crippen LogP contribution is -1.96. The second kappa shape index (κ2) is 7.40. The molecule has 0 saturated heterocycles. The maximum absolute atomic E-state index is 13.5. The fourth-order valence-corrected chi connectivity index (χ4v) is 3.46. The van der Waals surface area contributed by atoms with Gasteiger partial charge in [-0.15, -0.1) is 11.3 Å². The Hall–Kier alpha value is -3.13. The first-order valence-electron chi connectivity index (χ1n) is 7.66. The first-order valence-corrected chi connectivity index (χ1v) is 8.48. The van der Waals surface area contributed by atoms with E-state index in [0.29, 0.717) is 16.1 Å². The molecule has 0 unspecified atom stereocenters. The fourth-order valence-electron chi connectivity index (χ4n) is 2.45. The maximum Gasteiger partial charge on any atom is 0.305 e. The Morgan fingerprint density at radius 2 is 2.04 bits per heavy atom. The highest BCUT2D eigenvalue weighted by molar-refractivity contribution is 7.19. The van der Waals surface area contributed by atoms with E-state index in [9.17, 15) is 19.3 Å². The Bertz CT molecular complexity index is 996. The molecule has 0 bridgehead atoms. The number of nitro groups is 1. The number of hydrogen-bond donors (Lipinski definition) is 1. The molecule has 0 aliphatic rings. The number of nitrogens with zero attached hydrogens (tertiary/aromatic N) is 2. The first-order chi connectivity index (χ1) is 12.4. The molecule has 1 aromatic heterocycles. The molecule has 8 heteroatoms. The van der Waals surface area contributed by atoms with Crippen molar-refractivity contribution in [3.63, 3.8) is 0 Å². The molecule has 1 heterocycles. The molecule has 3 rings (SSSR count). The van der Waals surface area contributed by atoms with Gasteiger partial charge in [0.05, 0.1) is 15.1 Å². The van der Waals surface area contributed by atoms with Crippen LogP contribution in [0.2, 0.25) is 0 Å². The van der Waals surface area contributed by atoms with Crippen LogP contribution in [0.4, 0.5) is 10.1 Å². The molecule has 0 spiro atoms. The summed E-state index contributed by atoms with van der Waals surface area (Å²) in [5.74, 6) is -1.87. The lowest BCUT2D eigenvalue weighted by molar-refractivity contribution is -0.387. The molecular weight excluding hydrogens is 359 g/mol. The Labute approximate surface area is 151 Å². The standard InChI is InChI=1S/C18H13FN2O4S/c19-13-7-5-11(10-15(13)21(24)25)9-12(6-8-17(22)23)18-20-14-3-1-2-4-16(14)26-18/h1-5,7,9-10H,6,8H2,(H,22,23)/b12-9-. The second-order valence-corrected chi connectivity index (χ2v) is 6.55. The van der Waals surface area contributed by atoms with Crippen LogP contribution in [0.25, 0.3) is 21.9 Å². The second-order valence-electron chi connectivity index (χ2n) is 5.52. The summed E-state index contributed by atoms with van der Waals surface area (Å²) in [6, 6.07) is 11.1. The van der Waals surface area contributed by atoms with Crippen molar-refractivity contribution >= 4 is 44.9 Å². The number of para-hydroxylation sites is 1. The predicted molar refractivity (Wildman–Crippen MR) is 97.4 cm³/mol. The summed E-state index contributed by atoms with van der Waals surface area (Å²) in [5, 5.41) is 20.5. The van der Waals surface area contributed by atoms with Crippen LogP contribution >= 0.6 is 11.3 Å². The van der Waals surface area contributed by atoms with Crippen LogP contribution in [0, 0.1) is 15.9 Å². The number of allylic oxidation sites excluding steroid dienone is 1. The summed E-state index contributed by atoms with van der Waals surface area (Å²) in [5.41, 5.74) is 1.21. The topological polar surface area (TPSA) is 93.3 Å². The van der Waals surface area contributed by atoms with Crippen LogP contribution in [0.3, 0.4) is 0 Å². The average molecular weight is 372 g/mol. The summed E-state index contributed by atoms with van der Waals surface area (Å²) >= 11 is 1.41. The van der Waals surface area contributed by atoms with Crippen molar-refractivity contribution in [1.82, 2.24) is 4.98 Å². The van der Waals surface area contributed by atoms with Gasteiger partial charge in [-0.05, 0) is 41.8 Å². The molecule has 26 heavy (non-hydrogen) atoms. The number of halogens is 1. The van der Waals surface area contributed by atoms with E-state index in [1.807, 2.05) is 24.3 Å². The van der Waals surface area contributed by atoms with E-state index in [1.54, 1.807) is 6.08 Å². The van der Waals surface area contributed by atoms with Crippen molar-refractivity contribution in [3.8, 4) is 0 Å². The summed E-state index contributed by atoms with van der Waals surface area (Å²) in [4.78, 5) is 25.6. The quantitative estimate of drug-likeness (QED) is 0.498. The lowest BCUT2D eigenvalue weighted by atomic mass is 10.1. The molecule has 132 valence electrons. The van der Waals surface area contributed by atoms with Crippen LogP contribution in [-0.2, 0) is 4.79 Å². The van der Waals surface area contributed by atoms with Gasteiger partial charge in [0.2, 0.25) is 5.82 Å². The van der Waals surface area contributed by atoms with Gasteiger partial charge in [0.15, 0.2) is 0 Å². The number of aliphatic carboxylic acids is 1. The smallest absolute Gasteiger partial charge is 0.305 e. The van der Waals surface area contributed by atoms with E-state index in [2.05, 4.69) is 4.98 Å². The Kier molecular flexibility index (Phi) is 5.04. The Balaban J connectivity index is 2.05. The SMILES string of the molecule is O=C(O)CC/C(=C/c1ccc(F)c([N+](=O)[O-])c1)c1nc2ccccc2s1. The predicted octanol–water partition coefficient (Wildman–Crippen LogP) is 4.75. The van der Waals surface area contributed by atoms with Gasteiger partial charge in [0, 0.05) is 12.5 Å². The van der Waals surface area contributed by atoms with E-state index >= 15 is 0 Å². The van der Waals surface area contributed by atoms with Gasteiger partial charge in [-0.3, -0.25) is 14.9 Å². The minimum atomic E-state index is -0.956. The van der Waals surface area contributed by atoms with Gasteiger partial charge in [0.25, 0.3) is 0 Å². The molecule has 3 aromatic rings. The molecule has 1 N–H and O–H groups in total. The summed E-state index contributed by atoms with van der Waals surface area (Å²) < 4.78 is 14.5. The zero-order valence-electron chi connectivity index (χ0n) is 13.4. The van der Waals surface area contributed by atoms with Gasteiger partial charge < -0.3 is 5.11 Å². The number of rotatable bonds is 6. The Morgan fingerprint density at radius 3 is 2.73 bits per heavy atom. The molecule has 0 aliphatic carbocycles. The molecule has 0 amide bonds. The van der Waals surface area contributed by atoms with Gasteiger partial charge >= 0.3 is 11.7 Å². The number of carboxylic acids is 1. The number of hydrogen-bond acceptors (Lipinski definition) is 5. The van der Waals surface area contributed by atoms with Crippen LogP contribution in [0.5, 0.6) is 0 Å². The van der Waals surface area contributed by atoms with E-state index in [0.717, 1.165) is 22.3 Å². The van der Waals surface area contributed by atoms with E-state index in [1.165, 1.54) is 17.4 Å². The average Bonchev–Trinajstić information content (AvgIpc) is 3.03. The largest absolute Gasteiger partial charge is 0.481 e. The highest BCUT2D eigenvalue weighted by atomic mass is 32.1. The zero-order valence-corrected chi connectivity index (χ0v) is 14.2. The highest BCUT2D eigenvalue weighted by Crippen LogP contribution is 2.31. The minimum absolute atomic E-state index is 0.106. The lowest BCUT2D eigenvalue weighted by Gasteiger charge is -2.04. The monoisotopic (exact) mass is 372 g/mol. The molecule has 0 atom stereocenters. The highest BCUT2D eigenvalue weighted by Gasteiger charge is 2.15. The molecule has 2 aromatic carbocycles. The number of nitro benzene ring substituents is 1. The summed E-state index contributed by atoms with van der Waals surface area (Å²) in [6.07, 6.45) is 1.72. The molecule has 6 nitrogen and oxygen atoms in total. The fraction of sp³-hybridized carbons (Fsp3) is 0.111. The van der Waals surface area contributed by atoms with E-state index < -0.39 is 22.4 Å². The summed E-state index contributed by atoms with van der Waals surface area (Å²) in [6.45, 7) is 0. The van der Waals surface area contributed by atoms with Crippen LogP contribution in [0.1, 0.15) is 23.4 Å². The van der Waals surface area contributed by atoms with Crippen molar-refractivity contribution in [2.75, 3.05) is 0 Å². The van der Waals surface area contributed by atoms with E-state index in [4.69, 9.17) is 5.11 Å². The van der Waals surface area contributed by atoms with Crippen molar-refractivity contribution in [1.29, 1.82) is 0 Å². The van der Waals surface area contributed by atoms with Gasteiger partial charge in [-0.1, -0.05) is 18.2 Å². The van der Waals surface area contributed by atoms with Gasteiger partial charge in [-0.2, -0.15) is 4.39 Å². The molecule has 0 fully saturated rings. The van der Waals surface area contributed by atoms with Crippen molar-refractivity contribution in [3.05, 3.63) is 69.0 Å². The zero-order chi connectivity index (χ0) is 18.7. The molecule has 0 radical (unpaired) electrons.